The molecule has 33 heavy (non-hydrogen) atoms. The Kier molecular flexibility index (Phi) is 6.43. The number of hydrogen-bond donors (Lipinski definition) is 1. The molecule has 0 radical (unpaired) electrons. The van der Waals surface area contributed by atoms with Crippen molar-refractivity contribution >= 4 is 21.5 Å². The summed E-state index contributed by atoms with van der Waals surface area (Å²) in [6, 6.07) is 2.97. The number of rotatable bonds is 5. The molecule has 0 saturated carbocycles. The molecule has 1 fully saturated rings. The smallest absolute Gasteiger partial charge is 0.279 e. The van der Waals surface area contributed by atoms with Gasteiger partial charge in [0.1, 0.15) is 17.8 Å². The minimum atomic E-state index is -3.90. The summed E-state index contributed by atoms with van der Waals surface area (Å²) >= 11 is 0. The van der Waals surface area contributed by atoms with Crippen molar-refractivity contribution in [2.45, 2.75) is 11.9 Å². The fourth-order valence-corrected chi connectivity index (χ4v) is 4.51. The summed E-state index contributed by atoms with van der Waals surface area (Å²) in [6.45, 7) is 4.55. The summed E-state index contributed by atoms with van der Waals surface area (Å²) in [4.78, 5) is 15.0. The van der Waals surface area contributed by atoms with Crippen LogP contribution in [0.15, 0.2) is 35.9 Å². The minimum Gasteiger partial charge on any atom is -0.479 e. The van der Waals surface area contributed by atoms with E-state index in [0.29, 0.717) is 24.3 Å². The molecule has 0 bridgehead atoms. The Morgan fingerprint density at radius 1 is 1.18 bits per heavy atom. The third kappa shape index (κ3) is 4.89. The SMILES string of the molecule is COc1ncc(C#Cc2c(C)ncnc2N2CCOCC2)cc1NS(=O)(=O)c1ccnn1C. The number of ether oxygens (including phenoxy) is 2. The summed E-state index contributed by atoms with van der Waals surface area (Å²) in [7, 11) is -0.946. The zero-order chi connectivity index (χ0) is 23.4. The third-order valence-corrected chi connectivity index (χ3v) is 6.44. The van der Waals surface area contributed by atoms with Crippen LogP contribution >= 0.6 is 0 Å². The van der Waals surface area contributed by atoms with E-state index in [4.69, 9.17) is 9.47 Å². The number of nitrogens with one attached hydrogen (secondary N) is 1. The first-order valence-corrected chi connectivity index (χ1v) is 11.6. The maximum absolute atomic E-state index is 12.8. The van der Waals surface area contributed by atoms with E-state index in [0.717, 1.165) is 24.6 Å². The molecule has 3 aromatic heterocycles. The lowest BCUT2D eigenvalue weighted by Gasteiger charge is -2.28. The van der Waals surface area contributed by atoms with Gasteiger partial charge >= 0.3 is 0 Å². The highest BCUT2D eigenvalue weighted by atomic mass is 32.2. The Morgan fingerprint density at radius 3 is 2.67 bits per heavy atom. The van der Waals surface area contributed by atoms with Crippen molar-refractivity contribution in [1.82, 2.24) is 24.7 Å². The molecule has 0 spiro atoms. The molecule has 1 aliphatic rings. The van der Waals surface area contributed by atoms with Crippen LogP contribution in [0.4, 0.5) is 11.5 Å². The average molecular weight is 470 g/mol. The lowest BCUT2D eigenvalue weighted by molar-refractivity contribution is 0.122. The molecule has 0 unspecified atom stereocenters. The van der Waals surface area contributed by atoms with Gasteiger partial charge in [-0.25, -0.2) is 15.0 Å². The van der Waals surface area contributed by atoms with Gasteiger partial charge in [-0.1, -0.05) is 11.8 Å². The largest absolute Gasteiger partial charge is 0.479 e. The van der Waals surface area contributed by atoms with Crippen LogP contribution in [-0.2, 0) is 21.8 Å². The predicted molar refractivity (Wildman–Crippen MR) is 121 cm³/mol. The van der Waals surface area contributed by atoms with Crippen molar-refractivity contribution < 1.29 is 17.9 Å². The average Bonchev–Trinajstić information content (AvgIpc) is 3.25. The summed E-state index contributed by atoms with van der Waals surface area (Å²) in [5.41, 5.74) is 2.11. The first-order valence-electron chi connectivity index (χ1n) is 10.1. The van der Waals surface area contributed by atoms with Crippen molar-refractivity contribution in [3.63, 3.8) is 0 Å². The summed E-state index contributed by atoms with van der Waals surface area (Å²) in [6.07, 6.45) is 4.44. The Morgan fingerprint density at radius 2 is 1.97 bits per heavy atom. The van der Waals surface area contributed by atoms with Crippen LogP contribution < -0.4 is 14.4 Å². The van der Waals surface area contributed by atoms with E-state index in [1.165, 1.54) is 36.6 Å². The Labute approximate surface area is 191 Å². The molecular weight excluding hydrogens is 446 g/mol. The lowest BCUT2D eigenvalue weighted by Crippen LogP contribution is -2.37. The van der Waals surface area contributed by atoms with E-state index < -0.39 is 10.0 Å². The summed E-state index contributed by atoms with van der Waals surface area (Å²) in [5.74, 6) is 7.05. The van der Waals surface area contributed by atoms with Crippen LogP contribution in [0, 0.1) is 18.8 Å². The van der Waals surface area contributed by atoms with E-state index in [1.807, 2.05) is 6.92 Å². The predicted octanol–water partition coefficient (Wildman–Crippen LogP) is 0.959. The van der Waals surface area contributed by atoms with E-state index in [2.05, 4.69) is 41.5 Å². The fourth-order valence-electron chi connectivity index (χ4n) is 3.34. The van der Waals surface area contributed by atoms with Crippen LogP contribution in [0.2, 0.25) is 0 Å². The number of morpholine rings is 1. The number of hydrogen-bond acceptors (Lipinski definition) is 9. The molecule has 12 heteroatoms. The topological polar surface area (TPSA) is 124 Å². The van der Waals surface area contributed by atoms with Crippen molar-refractivity contribution in [3.05, 3.63) is 47.7 Å². The van der Waals surface area contributed by atoms with Gasteiger partial charge in [-0.05, 0) is 19.1 Å². The molecule has 4 rings (SSSR count). The second-order valence-corrected chi connectivity index (χ2v) is 8.82. The Balaban J connectivity index is 1.67. The number of methoxy groups -OCH3 is 1. The second-order valence-electron chi connectivity index (χ2n) is 7.19. The van der Waals surface area contributed by atoms with Gasteiger partial charge in [0.05, 0.1) is 37.8 Å². The van der Waals surface area contributed by atoms with Gasteiger partial charge in [-0.3, -0.25) is 9.40 Å². The van der Waals surface area contributed by atoms with E-state index in [-0.39, 0.29) is 16.6 Å². The quantitative estimate of drug-likeness (QED) is 0.544. The second kappa shape index (κ2) is 9.43. The Bertz CT molecular complexity index is 1320. The molecule has 1 saturated heterocycles. The number of anilines is 2. The number of aryl methyl sites for hydroxylation is 2. The molecule has 1 aliphatic heterocycles. The monoisotopic (exact) mass is 469 g/mol. The zero-order valence-electron chi connectivity index (χ0n) is 18.4. The first-order chi connectivity index (χ1) is 15.9. The highest BCUT2D eigenvalue weighted by molar-refractivity contribution is 7.92. The van der Waals surface area contributed by atoms with Crippen molar-refractivity contribution in [2.75, 3.05) is 43.0 Å². The standard InChI is InChI=1S/C21H23N7O4S/c1-15-17(20(24-14-23-15)28-8-10-32-11-9-28)5-4-16-12-18(21(31-3)22-13-16)26-33(29,30)19-6-7-25-27(19)2/h6-7,12-14,26H,8-11H2,1-3H3. The van der Waals surface area contributed by atoms with E-state index in [1.54, 1.807) is 13.1 Å². The van der Waals surface area contributed by atoms with Crippen molar-refractivity contribution in [3.8, 4) is 17.7 Å². The molecule has 172 valence electrons. The third-order valence-electron chi connectivity index (χ3n) is 5.00. The van der Waals surface area contributed by atoms with Crippen LogP contribution in [0.25, 0.3) is 0 Å². The minimum absolute atomic E-state index is 0.00764. The van der Waals surface area contributed by atoms with E-state index in [9.17, 15) is 8.42 Å². The molecule has 0 aromatic carbocycles. The molecule has 0 atom stereocenters. The molecule has 11 nitrogen and oxygen atoms in total. The molecule has 3 aromatic rings. The first kappa shape index (κ1) is 22.5. The van der Waals surface area contributed by atoms with Crippen LogP contribution in [0.3, 0.4) is 0 Å². The van der Waals surface area contributed by atoms with Crippen molar-refractivity contribution in [2.24, 2.45) is 7.05 Å². The van der Waals surface area contributed by atoms with E-state index >= 15 is 0 Å². The zero-order valence-corrected chi connectivity index (χ0v) is 19.3. The van der Waals surface area contributed by atoms with Gasteiger partial charge in [0, 0.05) is 31.9 Å². The van der Waals surface area contributed by atoms with Gasteiger partial charge in [0.2, 0.25) is 5.88 Å². The maximum Gasteiger partial charge on any atom is 0.279 e. The maximum atomic E-state index is 12.8. The number of nitrogens with zero attached hydrogens (tertiary/aromatic N) is 6. The van der Waals surface area contributed by atoms with Gasteiger partial charge in [0.15, 0.2) is 5.03 Å². The molecule has 4 heterocycles. The summed E-state index contributed by atoms with van der Waals surface area (Å²) in [5, 5.41) is 3.91. The molecule has 1 N–H and O–H groups in total. The Hall–Kier alpha value is -3.69. The highest BCUT2D eigenvalue weighted by Crippen LogP contribution is 2.26. The lowest BCUT2D eigenvalue weighted by atomic mass is 10.2. The molecule has 0 aliphatic carbocycles. The highest BCUT2D eigenvalue weighted by Gasteiger charge is 2.21. The fraction of sp³-hybridized carbons (Fsp3) is 0.333. The van der Waals surface area contributed by atoms with Gasteiger partial charge in [-0.2, -0.15) is 13.5 Å². The van der Waals surface area contributed by atoms with Gasteiger partial charge < -0.3 is 14.4 Å². The van der Waals surface area contributed by atoms with Crippen molar-refractivity contribution in [1.29, 1.82) is 0 Å². The number of pyridine rings is 1. The molecular formula is C21H23N7O4S. The number of aromatic nitrogens is 5. The normalized spacial score (nSPS) is 13.8. The van der Waals surface area contributed by atoms with Crippen LogP contribution in [0.5, 0.6) is 5.88 Å². The van der Waals surface area contributed by atoms with Gasteiger partial charge in [0.25, 0.3) is 10.0 Å². The van der Waals surface area contributed by atoms with Gasteiger partial charge in [-0.15, -0.1) is 0 Å². The molecule has 0 amide bonds. The number of sulfonamides is 1. The summed E-state index contributed by atoms with van der Waals surface area (Å²) < 4.78 is 40.0. The van der Waals surface area contributed by atoms with Crippen LogP contribution in [-0.4, -0.2) is 66.6 Å². The van der Waals surface area contributed by atoms with Crippen LogP contribution in [0.1, 0.15) is 16.8 Å².